The second kappa shape index (κ2) is 23.2. The SMILES string of the molecule is C1CCCC1.C1CCCC1.CP(c1ccccc1)c1ccccc1.[CH2-]C[B-](c1c(F)c(F)c(F)c(F)c1F)(c1c(F)c(F)c(F)c(F)c1F)c1c(F)c(F)c(F)c(F)c1F.[Zr+4]. The molecule has 5 aromatic carbocycles. The van der Waals surface area contributed by atoms with Crippen molar-refractivity contribution in [2.75, 3.05) is 6.66 Å². The topological polar surface area (TPSA) is 0 Å². The Balaban J connectivity index is 0.000000318. The third-order valence-electron chi connectivity index (χ3n) is 10.4. The van der Waals surface area contributed by atoms with Gasteiger partial charge in [0.25, 0.3) is 0 Å². The smallest absolute Gasteiger partial charge is 0.376 e. The zero-order valence-electron chi connectivity index (χ0n) is 32.5. The largest absolute Gasteiger partial charge is 4.00 e. The monoisotopic (exact) mass is 970 g/mol. The van der Waals surface area contributed by atoms with Gasteiger partial charge >= 0.3 is 26.2 Å². The predicted molar refractivity (Wildman–Crippen MR) is 205 cm³/mol. The molecule has 2 aliphatic rings. The third-order valence-corrected chi connectivity index (χ3v) is 12.6. The van der Waals surface area contributed by atoms with Crippen LogP contribution in [-0.2, 0) is 26.2 Å². The van der Waals surface area contributed by atoms with Crippen molar-refractivity contribution in [1.82, 2.24) is 0 Å². The summed E-state index contributed by atoms with van der Waals surface area (Å²) < 4.78 is 214. The molecular weight excluding hydrogens is 934 g/mol. The van der Waals surface area contributed by atoms with Crippen LogP contribution < -0.4 is 27.0 Å². The summed E-state index contributed by atoms with van der Waals surface area (Å²) in [5, 5.41) is 2.88. The molecule has 0 amide bonds. The van der Waals surface area contributed by atoms with Crippen molar-refractivity contribution in [3.05, 3.63) is 155 Å². The molecule has 61 heavy (non-hydrogen) atoms. The van der Waals surface area contributed by atoms with Crippen molar-refractivity contribution in [3.63, 3.8) is 0 Å². The molecule has 2 aliphatic carbocycles. The van der Waals surface area contributed by atoms with Crippen molar-refractivity contribution < 1.29 is 92.1 Å². The number of halogens is 15. The van der Waals surface area contributed by atoms with Crippen LogP contribution in [0, 0.1) is 94.2 Å². The predicted octanol–water partition coefficient (Wildman–Crippen LogP) is 11.7. The molecule has 0 N–H and O–H groups in total. The quantitative estimate of drug-likeness (QED) is 0.0397. The summed E-state index contributed by atoms with van der Waals surface area (Å²) in [7, 11) is -0.171. The van der Waals surface area contributed by atoms with Gasteiger partial charge in [-0.1, -0.05) is 125 Å². The van der Waals surface area contributed by atoms with Gasteiger partial charge in [0.2, 0.25) is 0 Å². The number of benzene rings is 5. The summed E-state index contributed by atoms with van der Waals surface area (Å²) in [6.45, 7) is 5.10. The van der Waals surface area contributed by atoms with Crippen LogP contribution in [0.1, 0.15) is 64.2 Å². The molecule has 0 atom stereocenters. The average molecular weight is 972 g/mol. The molecule has 5 aromatic rings. The number of hydrogen-bond acceptors (Lipinski definition) is 0. The van der Waals surface area contributed by atoms with E-state index in [1.807, 2.05) is 0 Å². The van der Waals surface area contributed by atoms with E-state index >= 15 is 0 Å². The van der Waals surface area contributed by atoms with E-state index in [4.69, 9.17) is 0 Å². The molecule has 0 aromatic heterocycles. The van der Waals surface area contributed by atoms with E-state index in [0.717, 1.165) is 0 Å². The van der Waals surface area contributed by atoms with Gasteiger partial charge in [-0.05, 0) is 25.2 Å². The molecule has 0 aliphatic heterocycles. The molecule has 18 heteroatoms. The molecule has 0 radical (unpaired) electrons. The minimum absolute atomic E-state index is 0. The molecule has 0 bridgehead atoms. The summed E-state index contributed by atoms with van der Waals surface area (Å²) in [5.41, 5.74) is -7.98. The van der Waals surface area contributed by atoms with E-state index in [-0.39, 0.29) is 34.1 Å². The normalized spacial score (nSPS) is 13.4. The van der Waals surface area contributed by atoms with E-state index in [2.05, 4.69) is 74.3 Å². The van der Waals surface area contributed by atoms with Gasteiger partial charge in [-0.2, -0.15) is 0 Å². The molecule has 0 heterocycles. The molecule has 7 rings (SSSR count). The van der Waals surface area contributed by atoms with Crippen LogP contribution in [0.2, 0.25) is 6.32 Å². The minimum Gasteiger partial charge on any atom is -0.376 e. The van der Waals surface area contributed by atoms with Crippen LogP contribution >= 0.6 is 7.92 Å². The molecule has 324 valence electrons. The van der Waals surface area contributed by atoms with Crippen molar-refractivity contribution in [3.8, 4) is 0 Å². The van der Waals surface area contributed by atoms with E-state index in [1.165, 1.54) is 74.8 Å². The Hall–Kier alpha value is -3.57. The van der Waals surface area contributed by atoms with Crippen molar-refractivity contribution >= 4 is 41.1 Å². The zero-order chi connectivity index (χ0) is 44.5. The fraction of sp³-hybridized carbons (Fsp3) is 0.279. The first-order valence-corrected chi connectivity index (χ1v) is 20.6. The first-order chi connectivity index (χ1) is 28.5. The fourth-order valence-corrected chi connectivity index (χ4v) is 8.79. The van der Waals surface area contributed by atoms with Crippen LogP contribution in [0.4, 0.5) is 65.9 Å². The van der Waals surface area contributed by atoms with Crippen LogP contribution in [0.15, 0.2) is 60.7 Å². The Bertz CT molecular complexity index is 1930. The van der Waals surface area contributed by atoms with Crippen molar-refractivity contribution in [2.45, 2.75) is 70.5 Å². The third kappa shape index (κ3) is 11.0. The summed E-state index contributed by atoms with van der Waals surface area (Å²) in [5.74, 6) is -45.3. The van der Waals surface area contributed by atoms with Crippen LogP contribution in [-0.4, -0.2) is 12.8 Å². The second-order valence-corrected chi connectivity index (χ2v) is 16.2. The number of rotatable bonds is 6. The maximum Gasteiger partial charge on any atom is 4.00 e. The van der Waals surface area contributed by atoms with Crippen molar-refractivity contribution in [2.24, 2.45) is 0 Å². The van der Waals surface area contributed by atoms with Crippen LogP contribution in [0.25, 0.3) is 0 Å². The van der Waals surface area contributed by atoms with E-state index in [9.17, 15) is 65.9 Å². The minimum atomic E-state index is -5.51. The van der Waals surface area contributed by atoms with Gasteiger partial charge < -0.3 is 13.2 Å². The van der Waals surface area contributed by atoms with Gasteiger partial charge in [-0.3, -0.25) is 0 Å². The van der Waals surface area contributed by atoms with Gasteiger partial charge in [-0.25, -0.2) is 65.9 Å². The Kier molecular flexibility index (Phi) is 19.7. The molecule has 0 saturated heterocycles. The van der Waals surface area contributed by atoms with E-state index in [1.54, 1.807) is 0 Å². The average Bonchev–Trinajstić information content (AvgIpc) is 4.07. The van der Waals surface area contributed by atoms with Crippen LogP contribution in [0.3, 0.4) is 0 Å². The maximum absolute atomic E-state index is 14.8. The Morgan fingerprint density at radius 3 is 0.721 bits per heavy atom. The second-order valence-electron chi connectivity index (χ2n) is 14.1. The molecular formula is C43H37BF15PZr+2. The molecule has 2 fully saturated rings. The molecule has 0 nitrogen and oxygen atoms in total. The standard InChI is InChI=1S/C20H4BF15.C13H13P.2C5H10.Zr/c1-2-21(3-6(22)12(28)18(34)13(29)7(3)23,4-8(24)14(30)19(35)15(31)9(4)25)5-10(26)16(32)20(36)17(33)11(5)27;1-14(12-8-4-2-5-9-12)13-10-6-3-7-11-13;2*1-2-4-5-3-1;/h1-2H2;2-11H,1H3;2*1-5H2;/q-2;;;;+4. The summed E-state index contributed by atoms with van der Waals surface area (Å²) in [4.78, 5) is 0. The number of hydrogen-bond donors (Lipinski definition) is 0. The molecule has 2 saturated carbocycles. The summed E-state index contributed by atoms with van der Waals surface area (Å²) in [6, 6.07) is 21.4. The van der Waals surface area contributed by atoms with Crippen LogP contribution in [0.5, 0.6) is 0 Å². The summed E-state index contributed by atoms with van der Waals surface area (Å²) in [6.07, 6.45) is 7.53. The maximum atomic E-state index is 14.8. The van der Waals surface area contributed by atoms with Gasteiger partial charge in [0.15, 0.2) is 52.4 Å². The van der Waals surface area contributed by atoms with Crippen molar-refractivity contribution in [1.29, 1.82) is 0 Å². The summed E-state index contributed by atoms with van der Waals surface area (Å²) >= 11 is 0. The first kappa shape index (κ1) is 51.8. The zero-order valence-corrected chi connectivity index (χ0v) is 35.8. The Morgan fingerprint density at radius 1 is 0.361 bits per heavy atom. The molecule has 0 unspecified atom stereocenters. The Labute approximate surface area is 363 Å². The van der Waals surface area contributed by atoms with E-state index in [0.29, 0.717) is 0 Å². The van der Waals surface area contributed by atoms with Gasteiger partial charge in [0.05, 0.1) is 6.15 Å². The Morgan fingerprint density at radius 2 is 0.541 bits per heavy atom. The van der Waals surface area contributed by atoms with Gasteiger partial charge in [-0.15, -0.1) is 16.4 Å². The van der Waals surface area contributed by atoms with Gasteiger partial charge in [0.1, 0.15) is 34.9 Å². The van der Waals surface area contributed by atoms with Gasteiger partial charge in [0, 0.05) is 0 Å². The fourth-order valence-electron chi connectivity index (χ4n) is 7.25. The first-order valence-electron chi connectivity index (χ1n) is 18.8. The van der Waals surface area contributed by atoms with E-state index < -0.39 is 116 Å². The molecule has 0 spiro atoms.